The molecular weight excluding hydrogens is 317 g/mol. The molecule has 2 aromatic carbocycles. The molecule has 3 aromatic rings. The van der Waals surface area contributed by atoms with Crippen molar-refractivity contribution in [3.8, 4) is 0 Å². The van der Waals surface area contributed by atoms with E-state index in [1.165, 1.54) is 0 Å². The monoisotopic (exact) mass is 323 g/mol. The number of aromatic amines is 1. The van der Waals surface area contributed by atoms with Crippen molar-refractivity contribution in [2.24, 2.45) is 0 Å². The van der Waals surface area contributed by atoms with Crippen molar-refractivity contribution < 1.29 is 4.79 Å². The molecule has 0 spiro atoms. The molecule has 0 aliphatic heterocycles. The second kappa shape index (κ2) is 5.13. The van der Waals surface area contributed by atoms with E-state index in [0.717, 1.165) is 10.9 Å². The zero-order valence-corrected chi connectivity index (χ0v) is 12.4. The minimum absolute atomic E-state index is 0.153. The number of rotatable bonds is 2. The fourth-order valence-electron chi connectivity index (χ4n) is 2.10. The predicted molar refractivity (Wildman–Crippen MR) is 83.2 cm³/mol. The topological polar surface area (TPSA) is 32.9 Å². The van der Waals surface area contributed by atoms with E-state index in [4.69, 9.17) is 34.8 Å². The van der Waals surface area contributed by atoms with Crippen molar-refractivity contribution in [3.63, 3.8) is 0 Å². The lowest BCUT2D eigenvalue weighted by Crippen LogP contribution is -2.01. The lowest BCUT2D eigenvalue weighted by Gasteiger charge is -2.03. The number of fused-ring (bicyclic) bond motifs is 1. The Labute approximate surface area is 130 Å². The van der Waals surface area contributed by atoms with Gasteiger partial charge in [-0.15, -0.1) is 0 Å². The van der Waals surface area contributed by atoms with Gasteiger partial charge in [-0.05, 0) is 30.3 Å². The summed E-state index contributed by atoms with van der Waals surface area (Å²) >= 11 is 17.8. The first-order chi connectivity index (χ1) is 9.56. The minimum Gasteiger partial charge on any atom is -0.360 e. The fraction of sp³-hybridized carbons (Fsp3) is 0. The number of halogens is 3. The van der Waals surface area contributed by atoms with Gasteiger partial charge in [0.25, 0.3) is 0 Å². The molecule has 0 radical (unpaired) electrons. The number of hydrogen-bond acceptors (Lipinski definition) is 1. The Morgan fingerprint density at radius 1 is 0.900 bits per heavy atom. The maximum Gasteiger partial charge on any atom is 0.196 e. The largest absolute Gasteiger partial charge is 0.360 e. The van der Waals surface area contributed by atoms with Crippen LogP contribution in [0.4, 0.5) is 0 Å². The van der Waals surface area contributed by atoms with Crippen LogP contribution in [0.2, 0.25) is 15.1 Å². The van der Waals surface area contributed by atoms with Gasteiger partial charge in [0.15, 0.2) is 5.78 Å². The van der Waals surface area contributed by atoms with Gasteiger partial charge in [0.05, 0.1) is 5.02 Å². The second-order valence-corrected chi connectivity index (χ2v) is 5.63. The molecule has 3 rings (SSSR count). The van der Waals surface area contributed by atoms with E-state index in [2.05, 4.69) is 4.98 Å². The maximum atomic E-state index is 12.6. The highest BCUT2D eigenvalue weighted by molar-refractivity contribution is 6.38. The highest BCUT2D eigenvalue weighted by Gasteiger charge is 2.17. The molecule has 0 saturated carbocycles. The molecule has 100 valence electrons. The molecule has 0 fully saturated rings. The first kappa shape index (κ1) is 13.5. The molecule has 5 heteroatoms. The molecular formula is C15H8Cl3NO. The zero-order valence-electron chi connectivity index (χ0n) is 10.1. The van der Waals surface area contributed by atoms with Gasteiger partial charge >= 0.3 is 0 Å². The molecule has 0 unspecified atom stereocenters. The Balaban J connectivity index is 2.13. The van der Waals surface area contributed by atoms with Gasteiger partial charge in [-0.3, -0.25) is 4.79 Å². The van der Waals surface area contributed by atoms with Gasteiger partial charge in [-0.25, -0.2) is 0 Å². The van der Waals surface area contributed by atoms with Crippen LogP contribution in [-0.4, -0.2) is 10.8 Å². The maximum absolute atomic E-state index is 12.6. The lowest BCUT2D eigenvalue weighted by atomic mass is 10.0. The van der Waals surface area contributed by atoms with E-state index >= 15 is 0 Å². The number of aromatic nitrogens is 1. The summed E-state index contributed by atoms with van der Waals surface area (Å²) in [7, 11) is 0. The van der Waals surface area contributed by atoms with Crippen LogP contribution in [0, 0.1) is 0 Å². The number of benzene rings is 2. The van der Waals surface area contributed by atoms with Crippen LogP contribution in [0.5, 0.6) is 0 Å². The highest BCUT2D eigenvalue weighted by Crippen LogP contribution is 2.27. The van der Waals surface area contributed by atoms with Crippen LogP contribution in [0.25, 0.3) is 10.9 Å². The summed E-state index contributed by atoms with van der Waals surface area (Å²) in [5, 5.41) is 2.26. The van der Waals surface area contributed by atoms with Gasteiger partial charge in [0.1, 0.15) is 0 Å². The second-order valence-electron chi connectivity index (χ2n) is 4.35. The average molecular weight is 325 g/mol. The van der Waals surface area contributed by atoms with Crippen molar-refractivity contribution in [1.29, 1.82) is 0 Å². The number of carbonyl (C=O) groups is 1. The normalized spacial score (nSPS) is 10.9. The molecule has 0 amide bonds. The molecule has 1 heterocycles. The molecule has 0 bridgehead atoms. The van der Waals surface area contributed by atoms with Crippen LogP contribution < -0.4 is 0 Å². The number of nitrogens with one attached hydrogen (secondary N) is 1. The number of ketones is 1. The standard InChI is InChI=1S/C15H8Cl3NO/c16-8-2-4-11(13(18)5-8)15(20)12-7-19-14-6-9(17)1-3-10(12)14/h1-7,19H. The Morgan fingerprint density at radius 2 is 1.60 bits per heavy atom. The van der Waals surface area contributed by atoms with E-state index in [-0.39, 0.29) is 5.78 Å². The minimum atomic E-state index is -0.153. The summed E-state index contributed by atoms with van der Waals surface area (Å²) in [6.45, 7) is 0. The molecule has 0 aliphatic rings. The molecule has 0 atom stereocenters. The number of H-pyrrole nitrogens is 1. The third kappa shape index (κ3) is 2.31. The van der Waals surface area contributed by atoms with Gasteiger partial charge in [0.2, 0.25) is 0 Å². The number of carbonyl (C=O) groups excluding carboxylic acids is 1. The van der Waals surface area contributed by atoms with Crippen LogP contribution in [0.1, 0.15) is 15.9 Å². The Hall–Kier alpha value is -1.48. The summed E-state index contributed by atoms with van der Waals surface area (Å²) in [6.07, 6.45) is 1.66. The molecule has 20 heavy (non-hydrogen) atoms. The van der Waals surface area contributed by atoms with Crippen LogP contribution in [0.15, 0.2) is 42.6 Å². The average Bonchev–Trinajstić information content (AvgIpc) is 2.80. The highest BCUT2D eigenvalue weighted by atomic mass is 35.5. The number of hydrogen-bond donors (Lipinski definition) is 1. The molecule has 0 saturated heterocycles. The van der Waals surface area contributed by atoms with Crippen molar-refractivity contribution in [2.45, 2.75) is 0 Å². The van der Waals surface area contributed by atoms with Crippen molar-refractivity contribution >= 4 is 51.5 Å². The van der Waals surface area contributed by atoms with Crippen LogP contribution >= 0.6 is 34.8 Å². The molecule has 1 N–H and O–H groups in total. The van der Waals surface area contributed by atoms with E-state index in [0.29, 0.717) is 26.2 Å². The fourth-order valence-corrected chi connectivity index (χ4v) is 2.77. The summed E-state index contributed by atoms with van der Waals surface area (Å²) in [5.41, 5.74) is 1.79. The van der Waals surface area contributed by atoms with Crippen LogP contribution in [0.3, 0.4) is 0 Å². The molecule has 1 aromatic heterocycles. The Morgan fingerprint density at radius 3 is 2.35 bits per heavy atom. The summed E-state index contributed by atoms with van der Waals surface area (Å²) in [5.74, 6) is -0.153. The summed E-state index contributed by atoms with van der Waals surface area (Å²) in [6, 6.07) is 10.2. The summed E-state index contributed by atoms with van der Waals surface area (Å²) < 4.78 is 0. The third-order valence-corrected chi connectivity index (χ3v) is 3.85. The van der Waals surface area contributed by atoms with Gasteiger partial charge in [-0.1, -0.05) is 40.9 Å². The van der Waals surface area contributed by atoms with Crippen molar-refractivity contribution in [1.82, 2.24) is 4.98 Å². The van der Waals surface area contributed by atoms with Crippen LogP contribution in [-0.2, 0) is 0 Å². The first-order valence-corrected chi connectivity index (χ1v) is 6.96. The lowest BCUT2D eigenvalue weighted by molar-refractivity contribution is 0.104. The Bertz CT molecular complexity index is 823. The van der Waals surface area contributed by atoms with E-state index in [1.54, 1.807) is 36.5 Å². The SMILES string of the molecule is O=C(c1ccc(Cl)cc1Cl)c1c[nH]c2cc(Cl)ccc12. The van der Waals surface area contributed by atoms with Gasteiger partial charge in [-0.2, -0.15) is 0 Å². The van der Waals surface area contributed by atoms with Gasteiger partial charge < -0.3 is 4.98 Å². The van der Waals surface area contributed by atoms with E-state index < -0.39 is 0 Å². The smallest absolute Gasteiger partial charge is 0.196 e. The third-order valence-electron chi connectivity index (χ3n) is 3.06. The predicted octanol–water partition coefficient (Wildman–Crippen LogP) is 5.36. The van der Waals surface area contributed by atoms with Gasteiger partial charge in [0, 0.05) is 38.3 Å². The molecule has 2 nitrogen and oxygen atoms in total. The van der Waals surface area contributed by atoms with E-state index in [9.17, 15) is 4.79 Å². The van der Waals surface area contributed by atoms with Crippen molar-refractivity contribution in [2.75, 3.05) is 0 Å². The molecule has 0 aliphatic carbocycles. The Kier molecular flexibility index (Phi) is 3.47. The summed E-state index contributed by atoms with van der Waals surface area (Å²) in [4.78, 5) is 15.6. The van der Waals surface area contributed by atoms with E-state index in [1.807, 2.05) is 6.07 Å². The van der Waals surface area contributed by atoms with Crippen molar-refractivity contribution in [3.05, 3.63) is 68.8 Å². The zero-order chi connectivity index (χ0) is 14.3. The first-order valence-electron chi connectivity index (χ1n) is 5.82. The quantitative estimate of drug-likeness (QED) is 0.632.